The number of carbonyl (C=O) groups is 2. The zero-order chi connectivity index (χ0) is 19.2. The Balaban J connectivity index is 1.94. The predicted molar refractivity (Wildman–Crippen MR) is 103 cm³/mol. The predicted octanol–water partition coefficient (Wildman–Crippen LogP) is 4.11. The Morgan fingerprint density at radius 3 is 2.50 bits per heavy atom. The molecule has 1 aromatic rings. The lowest BCUT2D eigenvalue weighted by atomic mass is 9.82. The molecule has 1 aliphatic carbocycles. The van der Waals surface area contributed by atoms with Crippen molar-refractivity contribution in [2.24, 2.45) is 5.92 Å². The second-order valence-electron chi connectivity index (χ2n) is 7.60. The third kappa shape index (κ3) is 7.15. The van der Waals surface area contributed by atoms with Gasteiger partial charge in [0.1, 0.15) is 5.60 Å². The minimum absolute atomic E-state index is 0.00179. The summed E-state index contributed by atoms with van der Waals surface area (Å²) in [4.78, 5) is 24.3. The molecule has 2 rings (SSSR count). The number of hydrogen-bond donors (Lipinski definition) is 3. The Bertz CT molecular complexity index is 603. The molecular weight excluding hydrogens is 352 g/mol. The highest BCUT2D eigenvalue weighted by Crippen LogP contribution is 2.31. The second-order valence-corrected chi connectivity index (χ2v) is 8.69. The smallest absolute Gasteiger partial charge is 0.407 e. The van der Waals surface area contributed by atoms with Crippen LogP contribution in [0.5, 0.6) is 0 Å². The highest BCUT2D eigenvalue weighted by Gasteiger charge is 2.33. The van der Waals surface area contributed by atoms with Crippen molar-refractivity contribution in [3.63, 3.8) is 0 Å². The Labute approximate surface area is 159 Å². The molecule has 0 radical (unpaired) electrons. The van der Waals surface area contributed by atoms with E-state index in [0.717, 1.165) is 23.5 Å². The highest BCUT2D eigenvalue weighted by molar-refractivity contribution is 7.99. The molecule has 1 saturated carbocycles. The summed E-state index contributed by atoms with van der Waals surface area (Å²) in [6.45, 7) is 5.50. The van der Waals surface area contributed by atoms with E-state index in [1.54, 1.807) is 11.8 Å². The number of rotatable bonds is 5. The molecule has 26 heavy (non-hydrogen) atoms. The lowest BCUT2D eigenvalue weighted by Gasteiger charge is -2.36. The summed E-state index contributed by atoms with van der Waals surface area (Å²) in [5, 5.41) is 14.7. The zero-order valence-corrected chi connectivity index (χ0v) is 16.3. The number of carboxylic acid groups (broad SMARTS) is 1. The Morgan fingerprint density at radius 2 is 1.88 bits per heavy atom. The van der Waals surface area contributed by atoms with E-state index < -0.39 is 17.8 Å². The second kappa shape index (κ2) is 9.16. The summed E-state index contributed by atoms with van der Waals surface area (Å²) in [6.07, 6.45) is 0.748. The summed E-state index contributed by atoms with van der Waals surface area (Å²) in [6, 6.07) is 9.94. The van der Waals surface area contributed by atoms with Gasteiger partial charge >= 0.3 is 12.2 Å². The van der Waals surface area contributed by atoms with Crippen LogP contribution in [0.25, 0.3) is 0 Å². The topological polar surface area (TPSA) is 87.7 Å². The van der Waals surface area contributed by atoms with Gasteiger partial charge in [0.2, 0.25) is 0 Å². The molecule has 7 heteroatoms. The van der Waals surface area contributed by atoms with Crippen LogP contribution in [0.2, 0.25) is 0 Å². The molecule has 144 valence electrons. The molecule has 3 atom stereocenters. The summed E-state index contributed by atoms with van der Waals surface area (Å²) < 4.78 is 5.33. The van der Waals surface area contributed by atoms with Crippen molar-refractivity contribution in [2.45, 2.75) is 62.6 Å². The van der Waals surface area contributed by atoms with Gasteiger partial charge < -0.3 is 20.5 Å². The fourth-order valence-electron chi connectivity index (χ4n) is 3.12. The van der Waals surface area contributed by atoms with Gasteiger partial charge in [-0.1, -0.05) is 18.2 Å². The van der Waals surface area contributed by atoms with Crippen LogP contribution in [0.3, 0.4) is 0 Å². The van der Waals surface area contributed by atoms with Gasteiger partial charge in [0.25, 0.3) is 0 Å². The largest absolute Gasteiger partial charge is 0.465 e. The van der Waals surface area contributed by atoms with Crippen molar-refractivity contribution >= 4 is 23.9 Å². The van der Waals surface area contributed by atoms with Gasteiger partial charge in [0.15, 0.2) is 0 Å². The third-order valence-corrected chi connectivity index (χ3v) is 5.42. The standard InChI is InChI=1S/C19H28N2O4S/c1-19(2,3)25-18(24)20-14-9-10-16(21-17(22)23)13(11-14)12-26-15-7-5-4-6-8-15/h4-8,13-14,16,21H,9-12H2,1-3H3,(H,20,24)(H,22,23)/t13-,14+,16-/m0/s1. The monoisotopic (exact) mass is 380 g/mol. The minimum atomic E-state index is -0.997. The van der Waals surface area contributed by atoms with E-state index in [2.05, 4.69) is 10.6 Å². The van der Waals surface area contributed by atoms with E-state index in [-0.39, 0.29) is 18.0 Å². The van der Waals surface area contributed by atoms with E-state index in [0.29, 0.717) is 6.42 Å². The average Bonchev–Trinajstić information content (AvgIpc) is 2.53. The molecule has 1 aliphatic rings. The van der Waals surface area contributed by atoms with Crippen LogP contribution in [-0.4, -0.2) is 40.7 Å². The number of benzene rings is 1. The van der Waals surface area contributed by atoms with E-state index in [1.807, 2.05) is 51.1 Å². The van der Waals surface area contributed by atoms with Gasteiger partial charge in [-0.05, 0) is 58.1 Å². The van der Waals surface area contributed by atoms with E-state index in [1.165, 1.54) is 0 Å². The molecule has 1 aromatic carbocycles. The summed E-state index contributed by atoms with van der Waals surface area (Å²) >= 11 is 1.71. The molecule has 0 heterocycles. The molecule has 0 bridgehead atoms. The molecule has 1 fully saturated rings. The number of hydrogen-bond acceptors (Lipinski definition) is 4. The van der Waals surface area contributed by atoms with Crippen LogP contribution in [-0.2, 0) is 4.74 Å². The van der Waals surface area contributed by atoms with E-state index in [4.69, 9.17) is 9.84 Å². The number of thioether (sulfide) groups is 1. The van der Waals surface area contributed by atoms with Gasteiger partial charge in [-0.2, -0.15) is 0 Å². The van der Waals surface area contributed by atoms with Crippen LogP contribution in [0.1, 0.15) is 40.0 Å². The van der Waals surface area contributed by atoms with Crippen LogP contribution >= 0.6 is 11.8 Å². The fraction of sp³-hybridized carbons (Fsp3) is 0.579. The molecule has 0 aromatic heterocycles. The number of amides is 2. The lowest BCUT2D eigenvalue weighted by molar-refractivity contribution is 0.0479. The van der Waals surface area contributed by atoms with Gasteiger partial charge in [0.05, 0.1) is 0 Å². The maximum Gasteiger partial charge on any atom is 0.407 e. The fourth-order valence-corrected chi connectivity index (χ4v) is 4.25. The first-order valence-electron chi connectivity index (χ1n) is 8.90. The highest BCUT2D eigenvalue weighted by atomic mass is 32.2. The quantitative estimate of drug-likeness (QED) is 0.669. The lowest BCUT2D eigenvalue weighted by Crippen LogP contribution is -2.50. The molecule has 0 spiro atoms. The SMILES string of the molecule is CC(C)(C)OC(=O)N[C@@H]1CC[C@H](NC(=O)O)[C@H](CSc2ccccc2)C1. The van der Waals surface area contributed by atoms with Crippen molar-refractivity contribution in [1.29, 1.82) is 0 Å². The zero-order valence-electron chi connectivity index (χ0n) is 15.5. The first-order valence-corrected chi connectivity index (χ1v) is 9.88. The third-order valence-electron chi connectivity index (χ3n) is 4.22. The van der Waals surface area contributed by atoms with Gasteiger partial charge in [-0.3, -0.25) is 0 Å². The maximum absolute atomic E-state index is 12.0. The maximum atomic E-state index is 12.0. The summed E-state index contributed by atoms with van der Waals surface area (Å²) in [5.74, 6) is 0.937. The van der Waals surface area contributed by atoms with Crippen LogP contribution in [0.15, 0.2) is 35.2 Å². The van der Waals surface area contributed by atoms with Gasteiger partial charge in [0, 0.05) is 22.7 Å². The molecule has 6 nitrogen and oxygen atoms in total. The van der Waals surface area contributed by atoms with Crippen molar-refractivity contribution < 1.29 is 19.4 Å². The van der Waals surface area contributed by atoms with Crippen molar-refractivity contribution in [2.75, 3.05) is 5.75 Å². The molecule has 0 saturated heterocycles. The van der Waals surface area contributed by atoms with E-state index in [9.17, 15) is 9.59 Å². The van der Waals surface area contributed by atoms with E-state index >= 15 is 0 Å². The van der Waals surface area contributed by atoms with Crippen LogP contribution in [0, 0.1) is 5.92 Å². The van der Waals surface area contributed by atoms with Crippen molar-refractivity contribution in [3.05, 3.63) is 30.3 Å². The van der Waals surface area contributed by atoms with Crippen molar-refractivity contribution in [1.82, 2.24) is 10.6 Å². The molecule has 3 N–H and O–H groups in total. The average molecular weight is 381 g/mol. The Kier molecular flexibility index (Phi) is 7.20. The summed E-state index contributed by atoms with van der Waals surface area (Å²) in [7, 11) is 0. The molecule has 2 amide bonds. The van der Waals surface area contributed by atoms with Gasteiger partial charge in [-0.15, -0.1) is 11.8 Å². The Hall–Kier alpha value is -1.89. The van der Waals surface area contributed by atoms with Gasteiger partial charge in [-0.25, -0.2) is 9.59 Å². The molecule has 0 aliphatic heterocycles. The van der Waals surface area contributed by atoms with Crippen LogP contribution in [0.4, 0.5) is 9.59 Å². The van der Waals surface area contributed by atoms with Crippen LogP contribution < -0.4 is 10.6 Å². The number of alkyl carbamates (subject to hydrolysis) is 1. The normalized spacial score (nSPS) is 23.1. The molecule has 0 unspecified atom stereocenters. The number of nitrogens with one attached hydrogen (secondary N) is 2. The number of ether oxygens (including phenoxy) is 1. The molecular formula is C19H28N2O4S. The Morgan fingerprint density at radius 1 is 1.19 bits per heavy atom. The first kappa shape index (κ1) is 20.4. The van der Waals surface area contributed by atoms with Crippen molar-refractivity contribution in [3.8, 4) is 0 Å². The first-order chi connectivity index (χ1) is 12.2. The minimum Gasteiger partial charge on any atom is -0.465 e. The number of carbonyl (C=O) groups excluding carboxylic acids is 1. The summed E-state index contributed by atoms with van der Waals surface area (Å²) in [5.41, 5.74) is -0.533.